The van der Waals surface area contributed by atoms with E-state index in [-0.39, 0.29) is 12.1 Å². The van der Waals surface area contributed by atoms with E-state index in [1.165, 1.54) is 5.56 Å². The van der Waals surface area contributed by atoms with Crippen molar-refractivity contribution >= 4 is 11.5 Å². The Bertz CT molecular complexity index is 441. The third kappa shape index (κ3) is 1.90. The molecule has 0 N–H and O–H groups in total. The van der Waals surface area contributed by atoms with Crippen LogP contribution in [0.25, 0.3) is 5.57 Å². The van der Waals surface area contributed by atoms with Crippen molar-refractivity contribution in [3.8, 4) is 0 Å². The maximum absolute atomic E-state index is 11.8. The number of fused-ring (bicyclic) bond motifs is 1. The fourth-order valence-electron chi connectivity index (χ4n) is 1.90. The Balaban J connectivity index is 2.21. The maximum atomic E-state index is 11.8. The minimum atomic E-state index is -0.213. The van der Waals surface area contributed by atoms with E-state index in [0.717, 1.165) is 18.7 Å². The van der Waals surface area contributed by atoms with Crippen LogP contribution in [0.5, 0.6) is 0 Å². The molecule has 0 atom stereocenters. The molecular weight excluding hydrogens is 202 g/mol. The SMILES string of the molecule is CCc1cc2n(c1)CC=C2C(=O)OC(C)C. The van der Waals surface area contributed by atoms with Crippen molar-refractivity contribution < 1.29 is 9.53 Å². The highest BCUT2D eigenvalue weighted by Gasteiger charge is 2.22. The van der Waals surface area contributed by atoms with Gasteiger partial charge in [-0.1, -0.05) is 6.92 Å². The molecule has 1 aromatic heterocycles. The van der Waals surface area contributed by atoms with Gasteiger partial charge in [-0.15, -0.1) is 0 Å². The molecule has 2 heterocycles. The Morgan fingerprint density at radius 1 is 1.56 bits per heavy atom. The summed E-state index contributed by atoms with van der Waals surface area (Å²) < 4.78 is 7.31. The molecule has 3 nitrogen and oxygen atoms in total. The van der Waals surface area contributed by atoms with E-state index in [1.807, 2.05) is 19.9 Å². The lowest BCUT2D eigenvalue weighted by Crippen LogP contribution is -2.12. The molecule has 0 unspecified atom stereocenters. The molecule has 0 radical (unpaired) electrons. The van der Waals surface area contributed by atoms with E-state index in [1.54, 1.807) is 0 Å². The third-order valence-corrected chi connectivity index (χ3v) is 2.69. The van der Waals surface area contributed by atoms with Gasteiger partial charge in [-0.2, -0.15) is 0 Å². The Labute approximate surface area is 95.7 Å². The standard InChI is InChI=1S/C13H17NO2/c1-4-10-7-12-11(5-6-14(12)8-10)13(15)16-9(2)3/h5,7-9H,4,6H2,1-3H3. The van der Waals surface area contributed by atoms with Gasteiger partial charge in [-0.3, -0.25) is 0 Å². The molecule has 1 aliphatic heterocycles. The molecule has 86 valence electrons. The van der Waals surface area contributed by atoms with E-state index < -0.39 is 0 Å². The third-order valence-electron chi connectivity index (χ3n) is 2.69. The lowest BCUT2D eigenvalue weighted by Gasteiger charge is -2.08. The van der Waals surface area contributed by atoms with Crippen molar-refractivity contribution in [2.24, 2.45) is 0 Å². The zero-order chi connectivity index (χ0) is 11.7. The first-order valence-electron chi connectivity index (χ1n) is 5.72. The number of ether oxygens (including phenoxy) is 1. The summed E-state index contributed by atoms with van der Waals surface area (Å²) >= 11 is 0. The number of aromatic nitrogens is 1. The lowest BCUT2D eigenvalue weighted by molar-refractivity contribution is -0.140. The number of carbonyl (C=O) groups is 1. The van der Waals surface area contributed by atoms with E-state index in [2.05, 4.69) is 23.8 Å². The molecule has 1 aromatic rings. The summed E-state index contributed by atoms with van der Waals surface area (Å²) in [6, 6.07) is 2.07. The normalized spacial score (nSPS) is 13.9. The minimum Gasteiger partial charge on any atom is -0.459 e. The van der Waals surface area contributed by atoms with Gasteiger partial charge in [-0.25, -0.2) is 4.79 Å². The van der Waals surface area contributed by atoms with Crippen LogP contribution in [0.15, 0.2) is 18.3 Å². The Morgan fingerprint density at radius 2 is 2.31 bits per heavy atom. The van der Waals surface area contributed by atoms with Gasteiger partial charge in [0.05, 0.1) is 17.4 Å². The number of allylic oxidation sites excluding steroid dienone is 1. The van der Waals surface area contributed by atoms with E-state index in [9.17, 15) is 4.79 Å². The molecule has 0 spiro atoms. The van der Waals surface area contributed by atoms with Gasteiger partial charge in [-0.05, 0) is 38.0 Å². The molecule has 16 heavy (non-hydrogen) atoms. The van der Waals surface area contributed by atoms with E-state index in [0.29, 0.717) is 5.57 Å². The van der Waals surface area contributed by atoms with Gasteiger partial charge in [0.25, 0.3) is 0 Å². The molecule has 0 amide bonds. The van der Waals surface area contributed by atoms with Crippen LogP contribution in [0.2, 0.25) is 0 Å². The molecule has 0 aromatic carbocycles. The summed E-state index contributed by atoms with van der Waals surface area (Å²) in [5.41, 5.74) is 2.95. The van der Waals surface area contributed by atoms with Gasteiger partial charge in [0.2, 0.25) is 0 Å². The fraction of sp³-hybridized carbons (Fsp3) is 0.462. The summed E-state index contributed by atoms with van der Waals surface area (Å²) in [5, 5.41) is 0. The van der Waals surface area contributed by atoms with Crippen molar-refractivity contribution in [3.63, 3.8) is 0 Å². The number of hydrogen-bond acceptors (Lipinski definition) is 2. The maximum Gasteiger partial charge on any atom is 0.340 e. The summed E-state index contributed by atoms with van der Waals surface area (Å²) in [6.45, 7) is 6.62. The number of carbonyl (C=O) groups excluding carboxylic acids is 1. The largest absolute Gasteiger partial charge is 0.459 e. The Hall–Kier alpha value is -1.51. The van der Waals surface area contributed by atoms with Gasteiger partial charge in [0, 0.05) is 12.7 Å². The molecule has 0 saturated carbocycles. The van der Waals surface area contributed by atoms with Crippen molar-refractivity contribution in [1.82, 2.24) is 4.57 Å². The van der Waals surface area contributed by atoms with E-state index >= 15 is 0 Å². The van der Waals surface area contributed by atoms with Crippen LogP contribution in [0, 0.1) is 0 Å². The fourth-order valence-corrected chi connectivity index (χ4v) is 1.90. The predicted molar refractivity (Wildman–Crippen MR) is 63.0 cm³/mol. The first-order chi connectivity index (χ1) is 7.61. The monoisotopic (exact) mass is 219 g/mol. The van der Waals surface area contributed by atoms with Crippen molar-refractivity contribution in [2.75, 3.05) is 0 Å². The number of nitrogens with zero attached hydrogens (tertiary/aromatic N) is 1. The molecule has 1 aliphatic rings. The highest BCUT2D eigenvalue weighted by molar-refractivity contribution is 6.16. The van der Waals surface area contributed by atoms with Crippen molar-refractivity contribution in [3.05, 3.63) is 29.6 Å². The smallest absolute Gasteiger partial charge is 0.340 e. The first kappa shape index (κ1) is 11.0. The average Bonchev–Trinajstić information content (AvgIpc) is 2.73. The summed E-state index contributed by atoms with van der Waals surface area (Å²) in [6.07, 6.45) is 4.95. The lowest BCUT2D eigenvalue weighted by atomic mass is 10.1. The summed E-state index contributed by atoms with van der Waals surface area (Å²) in [5.74, 6) is -0.213. The van der Waals surface area contributed by atoms with Gasteiger partial charge in [0.15, 0.2) is 0 Å². The van der Waals surface area contributed by atoms with Crippen LogP contribution in [0.4, 0.5) is 0 Å². The Morgan fingerprint density at radius 3 is 2.94 bits per heavy atom. The quantitative estimate of drug-likeness (QED) is 0.731. The van der Waals surface area contributed by atoms with Crippen LogP contribution in [0.3, 0.4) is 0 Å². The van der Waals surface area contributed by atoms with Crippen LogP contribution in [0.1, 0.15) is 32.0 Å². The number of rotatable bonds is 3. The molecule has 0 aliphatic carbocycles. The number of aryl methyl sites for hydroxylation is 1. The molecule has 2 rings (SSSR count). The van der Waals surface area contributed by atoms with Gasteiger partial charge >= 0.3 is 5.97 Å². The van der Waals surface area contributed by atoms with Crippen LogP contribution in [-0.4, -0.2) is 16.6 Å². The average molecular weight is 219 g/mol. The first-order valence-corrected chi connectivity index (χ1v) is 5.72. The highest BCUT2D eigenvalue weighted by Crippen LogP contribution is 2.26. The van der Waals surface area contributed by atoms with Crippen LogP contribution >= 0.6 is 0 Å². The predicted octanol–water partition coefficient (Wildman–Crippen LogP) is 2.40. The molecule has 3 heteroatoms. The second kappa shape index (κ2) is 4.16. The minimum absolute atomic E-state index is 0.0666. The summed E-state index contributed by atoms with van der Waals surface area (Å²) in [7, 11) is 0. The second-order valence-electron chi connectivity index (χ2n) is 4.31. The topological polar surface area (TPSA) is 31.2 Å². The van der Waals surface area contributed by atoms with Crippen molar-refractivity contribution in [2.45, 2.75) is 39.8 Å². The number of hydrogen-bond donors (Lipinski definition) is 0. The van der Waals surface area contributed by atoms with Crippen LogP contribution < -0.4 is 0 Å². The molecule has 0 fully saturated rings. The number of esters is 1. The van der Waals surface area contributed by atoms with Crippen molar-refractivity contribution in [1.29, 1.82) is 0 Å². The molecule has 0 saturated heterocycles. The zero-order valence-electron chi connectivity index (χ0n) is 9.99. The van der Waals surface area contributed by atoms with Gasteiger partial charge < -0.3 is 9.30 Å². The van der Waals surface area contributed by atoms with Crippen LogP contribution in [-0.2, 0) is 22.5 Å². The molecular formula is C13H17NO2. The Kier molecular flexibility index (Phi) is 2.86. The van der Waals surface area contributed by atoms with Gasteiger partial charge in [0.1, 0.15) is 0 Å². The molecule has 0 bridgehead atoms. The second-order valence-corrected chi connectivity index (χ2v) is 4.31. The summed E-state index contributed by atoms with van der Waals surface area (Å²) in [4.78, 5) is 11.8. The zero-order valence-corrected chi connectivity index (χ0v) is 9.99. The highest BCUT2D eigenvalue weighted by atomic mass is 16.5. The van der Waals surface area contributed by atoms with E-state index in [4.69, 9.17) is 4.74 Å².